The van der Waals surface area contributed by atoms with Crippen LogP contribution in [0.4, 0.5) is 0 Å². The van der Waals surface area contributed by atoms with Crippen LogP contribution in [-0.4, -0.2) is 52.8 Å². The van der Waals surface area contributed by atoms with Crippen LogP contribution in [0.3, 0.4) is 0 Å². The third-order valence-corrected chi connectivity index (χ3v) is 5.38. The summed E-state index contributed by atoms with van der Waals surface area (Å²) in [6, 6.07) is 12.7. The quantitative estimate of drug-likeness (QED) is 0.351. The van der Waals surface area contributed by atoms with E-state index >= 15 is 0 Å². The number of benzene rings is 2. The van der Waals surface area contributed by atoms with Crippen molar-refractivity contribution in [3.63, 3.8) is 0 Å². The summed E-state index contributed by atoms with van der Waals surface area (Å²) in [7, 11) is -3.69. The van der Waals surface area contributed by atoms with E-state index in [1.54, 1.807) is 12.1 Å². The molecule has 0 aliphatic carbocycles. The molecule has 0 heterocycles. The second-order valence-electron chi connectivity index (χ2n) is 5.87. The van der Waals surface area contributed by atoms with Gasteiger partial charge in [0.25, 0.3) is 10.1 Å². The Morgan fingerprint density at radius 2 is 1.46 bits per heavy atom. The van der Waals surface area contributed by atoms with Crippen LogP contribution in [0.5, 0.6) is 0 Å². The molecule has 0 aliphatic rings. The van der Waals surface area contributed by atoms with Crippen LogP contribution in [-0.2, 0) is 14.3 Å². The van der Waals surface area contributed by atoms with Gasteiger partial charge in [0, 0.05) is 5.39 Å². The third-order valence-electron chi connectivity index (χ3n) is 4.01. The van der Waals surface area contributed by atoms with Gasteiger partial charge in [0.05, 0.1) is 6.61 Å². The number of rotatable bonds is 10. The van der Waals surface area contributed by atoms with E-state index in [1.165, 1.54) is 25.7 Å². The normalized spacial score (nSPS) is 11.4. The second kappa shape index (κ2) is 11.5. The fraction of sp³-hybridized carbons (Fsp3) is 0.474. The van der Waals surface area contributed by atoms with Gasteiger partial charge in [-0.3, -0.25) is 4.18 Å². The Morgan fingerprint density at radius 3 is 2.21 bits per heavy atom. The maximum atomic E-state index is 12.4. The zero-order valence-electron chi connectivity index (χ0n) is 13.8. The summed E-state index contributed by atoms with van der Waals surface area (Å²) < 4.78 is 30.0. The minimum absolute atomic E-state index is 0. The van der Waals surface area contributed by atoms with Gasteiger partial charge in [-0.1, -0.05) is 81.8 Å². The molecule has 0 amide bonds. The van der Waals surface area contributed by atoms with Gasteiger partial charge < -0.3 is 0 Å². The van der Waals surface area contributed by atoms with Gasteiger partial charge in [0.2, 0.25) is 0 Å². The minimum atomic E-state index is -3.69. The fourth-order valence-corrected chi connectivity index (χ4v) is 3.87. The Labute approximate surface area is 175 Å². The van der Waals surface area contributed by atoms with Crippen molar-refractivity contribution in [1.82, 2.24) is 0 Å². The first kappa shape index (κ1) is 21.9. The molecule has 2 rings (SSSR count). The van der Waals surface area contributed by atoms with E-state index < -0.39 is 10.1 Å². The Hall–Kier alpha value is -0.130. The molecular weight excluding hydrogens is 348 g/mol. The molecule has 0 atom stereocenters. The molecule has 0 spiro atoms. The van der Waals surface area contributed by atoms with Crippen molar-refractivity contribution >= 4 is 58.6 Å². The third kappa shape index (κ3) is 6.64. The van der Waals surface area contributed by atoms with Crippen molar-refractivity contribution in [1.29, 1.82) is 0 Å². The first-order valence-electron chi connectivity index (χ1n) is 8.52. The zero-order chi connectivity index (χ0) is 16.5. The molecule has 0 fully saturated rings. The van der Waals surface area contributed by atoms with Gasteiger partial charge in [-0.2, -0.15) is 8.42 Å². The second-order valence-corrected chi connectivity index (χ2v) is 7.46. The molecule has 0 aliphatic heterocycles. The predicted molar refractivity (Wildman–Crippen MR) is 104 cm³/mol. The van der Waals surface area contributed by atoms with Gasteiger partial charge in [0.15, 0.2) is 0 Å². The summed E-state index contributed by atoms with van der Waals surface area (Å²) in [5.74, 6) is 0. The van der Waals surface area contributed by atoms with E-state index in [4.69, 9.17) is 4.18 Å². The van der Waals surface area contributed by atoms with Crippen LogP contribution in [0.25, 0.3) is 10.8 Å². The molecule has 24 heavy (non-hydrogen) atoms. The van der Waals surface area contributed by atoms with Crippen LogP contribution in [0.1, 0.15) is 51.9 Å². The molecule has 0 saturated carbocycles. The molecule has 3 nitrogen and oxygen atoms in total. The van der Waals surface area contributed by atoms with Gasteiger partial charge in [0.1, 0.15) is 4.90 Å². The molecule has 5 heteroatoms. The average Bonchev–Trinajstić information content (AvgIpc) is 2.56. The Balaban J connectivity index is 0.00000288. The van der Waals surface area contributed by atoms with E-state index in [9.17, 15) is 8.42 Å². The van der Waals surface area contributed by atoms with Crippen molar-refractivity contribution in [2.24, 2.45) is 0 Å². The van der Waals surface area contributed by atoms with Gasteiger partial charge >= 0.3 is 37.7 Å². The Bertz CT molecular complexity index is 708. The van der Waals surface area contributed by atoms with Crippen molar-refractivity contribution in [3.05, 3.63) is 42.5 Å². The van der Waals surface area contributed by atoms with E-state index in [0.717, 1.165) is 30.0 Å². The average molecular weight is 377 g/mol. The summed E-state index contributed by atoms with van der Waals surface area (Å²) in [5, 5.41) is 1.63. The van der Waals surface area contributed by atoms with Crippen molar-refractivity contribution in [2.75, 3.05) is 6.61 Å². The number of hydrogen-bond donors (Lipinski definition) is 0. The Morgan fingerprint density at radius 1 is 0.833 bits per heavy atom. The molecule has 2 aromatic carbocycles. The number of unbranched alkanes of at least 4 members (excludes halogenated alkanes) is 6. The van der Waals surface area contributed by atoms with E-state index in [2.05, 4.69) is 6.92 Å². The number of hydrogen-bond acceptors (Lipinski definition) is 3. The zero-order valence-corrected chi connectivity index (χ0v) is 14.6. The first-order valence-corrected chi connectivity index (χ1v) is 9.93. The van der Waals surface area contributed by atoms with Gasteiger partial charge in [-0.25, -0.2) is 0 Å². The summed E-state index contributed by atoms with van der Waals surface area (Å²) in [6.07, 6.45) is 7.98. The monoisotopic (exact) mass is 376 g/mol. The summed E-state index contributed by atoms with van der Waals surface area (Å²) >= 11 is 0. The predicted octanol–water partition coefficient (Wildman–Crippen LogP) is 4.38. The summed E-state index contributed by atoms with van der Waals surface area (Å²) in [5.41, 5.74) is 0. The molecule has 0 saturated heterocycles. The van der Waals surface area contributed by atoms with Gasteiger partial charge in [-0.05, 0) is 17.9 Å². The standard InChI is InChI=1S/C19H26O3S.Ca.2H/c1-2-3-4-5-6-7-10-16-22-23(20,21)19-15-11-13-17-12-8-9-14-18(17)19;;;/h8-9,11-15H,2-7,10,16H2,1H3;;;. The first-order chi connectivity index (χ1) is 11.1. The Kier molecular flexibility index (Phi) is 10.5. The fourth-order valence-electron chi connectivity index (χ4n) is 2.70. The molecule has 0 bridgehead atoms. The molecule has 0 radical (unpaired) electrons. The van der Waals surface area contributed by atoms with Crippen molar-refractivity contribution < 1.29 is 12.6 Å². The van der Waals surface area contributed by atoms with Crippen molar-refractivity contribution in [2.45, 2.75) is 56.8 Å². The molecule has 130 valence electrons. The molecule has 0 unspecified atom stereocenters. The van der Waals surface area contributed by atoms with E-state index in [0.29, 0.717) is 0 Å². The molecule has 0 N–H and O–H groups in total. The van der Waals surface area contributed by atoms with E-state index in [-0.39, 0.29) is 49.2 Å². The molecule has 0 aromatic heterocycles. The molecule has 2 aromatic rings. The maximum absolute atomic E-state index is 12.4. The van der Waals surface area contributed by atoms with Crippen LogP contribution in [0, 0.1) is 0 Å². The number of fused-ring (bicyclic) bond motifs is 1. The van der Waals surface area contributed by atoms with E-state index in [1.807, 2.05) is 30.3 Å². The summed E-state index contributed by atoms with van der Waals surface area (Å²) in [6.45, 7) is 2.46. The molecular formula is C19H28CaO3S. The topological polar surface area (TPSA) is 43.4 Å². The SMILES string of the molecule is CCCCCCCCCOS(=O)(=O)c1cccc2ccccc12.[CaH2]. The van der Waals surface area contributed by atoms with Crippen molar-refractivity contribution in [3.8, 4) is 0 Å². The summed E-state index contributed by atoms with van der Waals surface area (Å²) in [4.78, 5) is 0.263. The van der Waals surface area contributed by atoms with Crippen LogP contribution in [0.15, 0.2) is 47.4 Å². The van der Waals surface area contributed by atoms with Crippen LogP contribution < -0.4 is 0 Å². The van der Waals surface area contributed by atoms with Crippen LogP contribution in [0.2, 0.25) is 0 Å². The van der Waals surface area contributed by atoms with Crippen LogP contribution >= 0.6 is 0 Å². The van der Waals surface area contributed by atoms with Gasteiger partial charge in [-0.15, -0.1) is 0 Å².